The normalized spacial score (nSPS) is 28.1. The average molecular weight is 285 g/mol. The molecule has 0 spiro atoms. The van der Waals surface area contributed by atoms with Crippen molar-refractivity contribution in [1.29, 1.82) is 0 Å². The molecule has 98 valence electrons. The molecule has 1 N–H and O–H groups in total. The topological polar surface area (TPSA) is 15.3 Å². The van der Waals surface area contributed by atoms with Crippen LogP contribution in [-0.4, -0.2) is 30.1 Å². The lowest BCUT2D eigenvalue weighted by molar-refractivity contribution is 0.188. The molecule has 2 atom stereocenters. The Bertz CT molecular complexity index is 436. The molecule has 0 radical (unpaired) electrons. The van der Waals surface area contributed by atoms with E-state index in [1.165, 1.54) is 38.8 Å². The number of nitrogens with zero attached hydrogens (tertiary/aromatic N) is 1. The summed E-state index contributed by atoms with van der Waals surface area (Å²) < 4.78 is 0. The molecule has 0 aromatic heterocycles. The Hall–Kier alpha value is -0.440. The zero-order valence-corrected chi connectivity index (χ0v) is 11.8. The van der Waals surface area contributed by atoms with Crippen LogP contribution < -0.4 is 5.32 Å². The van der Waals surface area contributed by atoms with E-state index in [-0.39, 0.29) is 0 Å². The summed E-state index contributed by atoms with van der Waals surface area (Å²) >= 11 is 12.0. The predicted octanol–water partition coefficient (Wildman–Crippen LogP) is 4.03. The molecular formula is C14H18Cl2N2. The second-order valence-electron chi connectivity index (χ2n) is 5.33. The van der Waals surface area contributed by atoms with Gasteiger partial charge >= 0.3 is 0 Å². The van der Waals surface area contributed by atoms with Gasteiger partial charge in [0.2, 0.25) is 0 Å². The number of fused-ring (bicyclic) bond motifs is 1. The third kappa shape index (κ3) is 2.61. The van der Waals surface area contributed by atoms with E-state index in [1.807, 2.05) is 18.2 Å². The Balaban J connectivity index is 1.64. The molecule has 2 saturated heterocycles. The van der Waals surface area contributed by atoms with E-state index in [0.717, 1.165) is 11.7 Å². The standard InChI is InChI=1S/C14H18Cl2N2/c15-13-4-3-10(9-14(13)16)17-11-5-7-18-6-1-2-12(18)8-11/h3-4,9,11-12,17H,1-2,5-8H2. The van der Waals surface area contributed by atoms with Crippen molar-refractivity contribution in [3.05, 3.63) is 28.2 Å². The number of rotatable bonds is 2. The number of benzene rings is 1. The first kappa shape index (κ1) is 12.6. The molecule has 1 aromatic rings. The van der Waals surface area contributed by atoms with Crippen LogP contribution in [0, 0.1) is 0 Å². The maximum atomic E-state index is 6.04. The van der Waals surface area contributed by atoms with Crippen molar-refractivity contribution < 1.29 is 0 Å². The molecule has 2 fully saturated rings. The minimum Gasteiger partial charge on any atom is -0.382 e. The summed E-state index contributed by atoms with van der Waals surface area (Å²) in [6, 6.07) is 7.15. The van der Waals surface area contributed by atoms with E-state index >= 15 is 0 Å². The maximum Gasteiger partial charge on any atom is 0.0612 e. The maximum absolute atomic E-state index is 6.04. The van der Waals surface area contributed by atoms with Crippen LogP contribution in [0.4, 0.5) is 5.69 Å². The zero-order chi connectivity index (χ0) is 12.5. The minimum atomic E-state index is 0.571. The summed E-state index contributed by atoms with van der Waals surface area (Å²) in [5, 5.41) is 4.84. The van der Waals surface area contributed by atoms with Crippen LogP contribution in [0.3, 0.4) is 0 Å². The van der Waals surface area contributed by atoms with Crippen LogP contribution in [0.2, 0.25) is 10.0 Å². The summed E-state index contributed by atoms with van der Waals surface area (Å²) in [4.78, 5) is 2.63. The van der Waals surface area contributed by atoms with Crippen LogP contribution in [0.1, 0.15) is 25.7 Å². The Morgan fingerprint density at radius 2 is 2.00 bits per heavy atom. The molecule has 2 unspecified atom stereocenters. The molecule has 2 aliphatic rings. The van der Waals surface area contributed by atoms with Gasteiger partial charge in [0, 0.05) is 24.3 Å². The van der Waals surface area contributed by atoms with Gasteiger partial charge in [-0.2, -0.15) is 0 Å². The molecule has 0 aliphatic carbocycles. The molecule has 0 bridgehead atoms. The third-order valence-corrected chi connectivity index (χ3v) is 4.85. The van der Waals surface area contributed by atoms with Gasteiger partial charge < -0.3 is 10.2 Å². The number of hydrogen-bond acceptors (Lipinski definition) is 2. The highest BCUT2D eigenvalue weighted by atomic mass is 35.5. The number of anilines is 1. The first-order valence-corrected chi connectivity index (χ1v) is 7.43. The van der Waals surface area contributed by atoms with Gasteiger partial charge in [0.15, 0.2) is 0 Å². The van der Waals surface area contributed by atoms with Crippen molar-refractivity contribution in [3.8, 4) is 0 Å². The Morgan fingerprint density at radius 3 is 2.83 bits per heavy atom. The van der Waals surface area contributed by atoms with Crippen LogP contribution in [0.25, 0.3) is 0 Å². The second kappa shape index (κ2) is 5.28. The highest BCUT2D eigenvalue weighted by molar-refractivity contribution is 6.42. The van der Waals surface area contributed by atoms with E-state index in [2.05, 4.69) is 10.2 Å². The molecule has 18 heavy (non-hydrogen) atoms. The van der Waals surface area contributed by atoms with Gasteiger partial charge in [-0.15, -0.1) is 0 Å². The Labute approximate surface area is 118 Å². The van der Waals surface area contributed by atoms with Crippen LogP contribution in [0.15, 0.2) is 18.2 Å². The summed E-state index contributed by atoms with van der Waals surface area (Å²) in [6.45, 7) is 2.52. The van der Waals surface area contributed by atoms with E-state index < -0.39 is 0 Å². The third-order valence-electron chi connectivity index (χ3n) is 4.11. The Kier molecular flexibility index (Phi) is 3.69. The van der Waals surface area contributed by atoms with Crippen molar-refractivity contribution >= 4 is 28.9 Å². The van der Waals surface area contributed by atoms with Crippen molar-refractivity contribution in [2.24, 2.45) is 0 Å². The largest absolute Gasteiger partial charge is 0.382 e. The lowest BCUT2D eigenvalue weighted by atomic mass is 9.97. The monoisotopic (exact) mass is 284 g/mol. The number of piperidine rings is 1. The van der Waals surface area contributed by atoms with E-state index in [1.54, 1.807) is 0 Å². The van der Waals surface area contributed by atoms with Gasteiger partial charge in [0.05, 0.1) is 10.0 Å². The second-order valence-corrected chi connectivity index (χ2v) is 6.14. The molecule has 0 saturated carbocycles. The molecule has 2 nitrogen and oxygen atoms in total. The highest BCUT2D eigenvalue weighted by Crippen LogP contribution is 2.30. The van der Waals surface area contributed by atoms with E-state index in [0.29, 0.717) is 16.1 Å². The van der Waals surface area contributed by atoms with Gasteiger partial charge in [-0.3, -0.25) is 0 Å². The van der Waals surface area contributed by atoms with Crippen molar-refractivity contribution in [1.82, 2.24) is 4.90 Å². The number of halogens is 2. The van der Waals surface area contributed by atoms with E-state index in [4.69, 9.17) is 23.2 Å². The molecule has 0 amide bonds. The molecule has 2 aliphatic heterocycles. The smallest absolute Gasteiger partial charge is 0.0612 e. The van der Waals surface area contributed by atoms with Gasteiger partial charge in [-0.1, -0.05) is 23.2 Å². The van der Waals surface area contributed by atoms with Gasteiger partial charge in [0.25, 0.3) is 0 Å². The van der Waals surface area contributed by atoms with Crippen LogP contribution >= 0.6 is 23.2 Å². The highest BCUT2D eigenvalue weighted by Gasteiger charge is 2.31. The quantitative estimate of drug-likeness (QED) is 0.882. The lowest BCUT2D eigenvalue weighted by Gasteiger charge is -2.35. The van der Waals surface area contributed by atoms with Crippen molar-refractivity contribution in [2.75, 3.05) is 18.4 Å². The minimum absolute atomic E-state index is 0.571. The fourth-order valence-electron chi connectivity index (χ4n) is 3.18. The summed E-state index contributed by atoms with van der Waals surface area (Å²) in [5.41, 5.74) is 1.08. The van der Waals surface area contributed by atoms with Crippen molar-refractivity contribution in [3.63, 3.8) is 0 Å². The molecule has 2 heterocycles. The molecule has 1 aromatic carbocycles. The lowest BCUT2D eigenvalue weighted by Crippen LogP contribution is -2.42. The Morgan fingerprint density at radius 1 is 1.11 bits per heavy atom. The number of nitrogens with one attached hydrogen (secondary N) is 1. The molecule has 3 rings (SSSR count). The van der Waals surface area contributed by atoms with Gasteiger partial charge in [-0.05, 0) is 50.4 Å². The van der Waals surface area contributed by atoms with Crippen molar-refractivity contribution in [2.45, 2.75) is 37.8 Å². The summed E-state index contributed by atoms with van der Waals surface area (Å²) in [5.74, 6) is 0. The first-order chi connectivity index (χ1) is 8.72. The predicted molar refractivity (Wildman–Crippen MR) is 77.7 cm³/mol. The average Bonchev–Trinajstić information content (AvgIpc) is 2.81. The zero-order valence-electron chi connectivity index (χ0n) is 10.3. The van der Waals surface area contributed by atoms with Crippen LogP contribution in [0.5, 0.6) is 0 Å². The molecule has 4 heteroatoms. The molecular weight excluding hydrogens is 267 g/mol. The van der Waals surface area contributed by atoms with Gasteiger partial charge in [0.1, 0.15) is 0 Å². The fourth-order valence-corrected chi connectivity index (χ4v) is 3.48. The van der Waals surface area contributed by atoms with E-state index in [9.17, 15) is 0 Å². The SMILES string of the molecule is Clc1ccc(NC2CCN3CCCC3C2)cc1Cl. The first-order valence-electron chi connectivity index (χ1n) is 6.68. The summed E-state index contributed by atoms with van der Waals surface area (Å²) in [7, 11) is 0. The number of hydrogen-bond donors (Lipinski definition) is 1. The van der Waals surface area contributed by atoms with Gasteiger partial charge in [-0.25, -0.2) is 0 Å². The van der Waals surface area contributed by atoms with Crippen LogP contribution in [-0.2, 0) is 0 Å². The fraction of sp³-hybridized carbons (Fsp3) is 0.571. The summed E-state index contributed by atoms with van der Waals surface area (Å²) in [6.07, 6.45) is 5.20.